The van der Waals surface area contributed by atoms with Crippen LogP contribution in [0.4, 0.5) is 5.13 Å². The highest BCUT2D eigenvalue weighted by Gasteiger charge is 2.21. The molecule has 0 unspecified atom stereocenters. The molecule has 140 valence electrons. The zero-order chi connectivity index (χ0) is 17.6. The van der Waals surface area contributed by atoms with Crippen molar-refractivity contribution in [2.75, 3.05) is 32.1 Å². The van der Waals surface area contributed by atoms with Crippen LogP contribution in [0.25, 0.3) is 0 Å². The smallest absolute Gasteiger partial charge is 0.191 e. The number of rotatable bonds is 7. The van der Waals surface area contributed by atoms with Crippen LogP contribution in [0.3, 0.4) is 0 Å². The van der Waals surface area contributed by atoms with E-state index in [1.807, 2.05) is 19.0 Å². The minimum Gasteiger partial charge on any atom is -0.357 e. The van der Waals surface area contributed by atoms with E-state index in [1.165, 1.54) is 4.88 Å². The van der Waals surface area contributed by atoms with Gasteiger partial charge in [0.25, 0.3) is 0 Å². The van der Waals surface area contributed by atoms with Gasteiger partial charge in [0.15, 0.2) is 11.1 Å². The van der Waals surface area contributed by atoms with Crippen LogP contribution in [0.5, 0.6) is 0 Å². The molecule has 0 amide bonds. The largest absolute Gasteiger partial charge is 0.357 e. The van der Waals surface area contributed by atoms with Crippen molar-refractivity contribution >= 4 is 57.7 Å². The van der Waals surface area contributed by atoms with Gasteiger partial charge in [0, 0.05) is 42.9 Å². The zero-order valence-electron chi connectivity index (χ0n) is 15.5. The Bertz CT molecular complexity index is 650. The van der Waals surface area contributed by atoms with Crippen LogP contribution in [0.15, 0.2) is 27.9 Å². The number of thiazole rings is 1. The molecule has 8 heteroatoms. The molecule has 2 heterocycles. The summed E-state index contributed by atoms with van der Waals surface area (Å²) in [6, 6.07) is 4.29. The lowest BCUT2D eigenvalue weighted by atomic mass is 9.91. The van der Waals surface area contributed by atoms with E-state index in [4.69, 9.17) is 0 Å². The van der Waals surface area contributed by atoms with Gasteiger partial charge in [0.05, 0.1) is 12.2 Å². The molecule has 0 radical (unpaired) electrons. The molecule has 0 atom stereocenters. The number of thiophene rings is 1. The van der Waals surface area contributed by atoms with Crippen molar-refractivity contribution in [2.45, 2.75) is 32.7 Å². The summed E-state index contributed by atoms with van der Waals surface area (Å²) in [5, 5.41) is 12.0. The lowest BCUT2D eigenvalue weighted by Gasteiger charge is -2.25. The third kappa shape index (κ3) is 6.74. The molecule has 0 aliphatic carbocycles. The highest BCUT2D eigenvalue weighted by Crippen LogP contribution is 2.26. The fourth-order valence-corrected chi connectivity index (χ4v) is 3.73. The molecule has 5 nitrogen and oxygen atoms in total. The molecule has 0 bridgehead atoms. The summed E-state index contributed by atoms with van der Waals surface area (Å²) >= 11 is 3.44. The topological polar surface area (TPSA) is 52.6 Å². The van der Waals surface area contributed by atoms with Gasteiger partial charge < -0.3 is 15.5 Å². The summed E-state index contributed by atoms with van der Waals surface area (Å²) < 4.78 is 0. The molecule has 2 aromatic rings. The number of aliphatic imine (C=N–C) groups is 1. The molecule has 0 saturated carbocycles. The molecule has 0 aliphatic rings. The van der Waals surface area contributed by atoms with Gasteiger partial charge in [-0.25, -0.2) is 9.98 Å². The van der Waals surface area contributed by atoms with Gasteiger partial charge in [-0.3, -0.25) is 0 Å². The lowest BCUT2D eigenvalue weighted by Crippen LogP contribution is -2.43. The second-order valence-electron chi connectivity index (χ2n) is 6.43. The molecule has 2 rings (SSSR count). The Morgan fingerprint density at radius 3 is 2.60 bits per heavy atom. The molecule has 25 heavy (non-hydrogen) atoms. The number of guanidine groups is 1. The highest BCUT2D eigenvalue weighted by molar-refractivity contribution is 14.0. The van der Waals surface area contributed by atoms with Gasteiger partial charge in [-0.15, -0.1) is 46.7 Å². The van der Waals surface area contributed by atoms with Gasteiger partial charge in [0.1, 0.15) is 0 Å². The van der Waals surface area contributed by atoms with Crippen LogP contribution in [-0.2, 0) is 12.0 Å². The Labute approximate surface area is 176 Å². The average molecular weight is 493 g/mol. The Balaban J connectivity index is 0.00000312. The standard InChI is InChI=1S/C17H27N5S2.HI/c1-6-18-15(19-10-13-11-24-16(21-13)22(4)5)20-12-17(2,3)14-8-7-9-23-14;/h7-9,11H,6,10,12H2,1-5H3,(H2,18,19,20);1H. The number of halogens is 1. The van der Waals surface area contributed by atoms with Crippen LogP contribution in [-0.4, -0.2) is 38.1 Å². The Morgan fingerprint density at radius 2 is 2.04 bits per heavy atom. The number of anilines is 1. The number of nitrogens with one attached hydrogen (secondary N) is 2. The minimum atomic E-state index is 0. The minimum absolute atomic E-state index is 0. The molecular formula is C17H28IN5S2. The van der Waals surface area contributed by atoms with E-state index >= 15 is 0 Å². The zero-order valence-corrected chi connectivity index (χ0v) is 19.5. The molecule has 0 aromatic carbocycles. The van der Waals surface area contributed by atoms with Gasteiger partial charge in [-0.05, 0) is 18.4 Å². The molecule has 0 fully saturated rings. The summed E-state index contributed by atoms with van der Waals surface area (Å²) in [5.41, 5.74) is 1.07. The summed E-state index contributed by atoms with van der Waals surface area (Å²) in [5.74, 6) is 0.835. The molecular weight excluding hydrogens is 465 g/mol. The first kappa shape index (κ1) is 22.2. The number of hydrogen-bond donors (Lipinski definition) is 2. The van der Waals surface area contributed by atoms with E-state index in [2.05, 4.69) is 64.3 Å². The summed E-state index contributed by atoms with van der Waals surface area (Å²) in [4.78, 5) is 12.6. The van der Waals surface area contributed by atoms with Crippen LogP contribution >= 0.6 is 46.7 Å². The van der Waals surface area contributed by atoms with E-state index < -0.39 is 0 Å². The van der Waals surface area contributed by atoms with E-state index in [-0.39, 0.29) is 29.4 Å². The third-order valence-corrected chi connectivity index (χ3v) is 5.84. The van der Waals surface area contributed by atoms with Crippen molar-refractivity contribution in [1.82, 2.24) is 15.6 Å². The van der Waals surface area contributed by atoms with Crippen LogP contribution in [0, 0.1) is 0 Å². The van der Waals surface area contributed by atoms with E-state index in [9.17, 15) is 0 Å². The molecule has 2 aromatic heterocycles. The highest BCUT2D eigenvalue weighted by atomic mass is 127. The number of hydrogen-bond acceptors (Lipinski definition) is 5. The quantitative estimate of drug-likeness (QED) is 0.349. The lowest BCUT2D eigenvalue weighted by molar-refractivity contribution is 0.518. The average Bonchev–Trinajstić information content (AvgIpc) is 3.21. The van der Waals surface area contributed by atoms with Crippen molar-refractivity contribution in [1.29, 1.82) is 0 Å². The maximum atomic E-state index is 4.66. The first-order valence-electron chi connectivity index (χ1n) is 8.10. The van der Waals surface area contributed by atoms with Gasteiger partial charge in [-0.2, -0.15) is 0 Å². The van der Waals surface area contributed by atoms with Gasteiger partial charge in [0.2, 0.25) is 0 Å². The maximum Gasteiger partial charge on any atom is 0.191 e. The van der Waals surface area contributed by atoms with Crippen LogP contribution < -0.4 is 15.5 Å². The van der Waals surface area contributed by atoms with E-state index in [1.54, 1.807) is 22.7 Å². The van der Waals surface area contributed by atoms with E-state index in [0.29, 0.717) is 6.54 Å². The Morgan fingerprint density at radius 1 is 1.28 bits per heavy atom. The number of aromatic nitrogens is 1. The second-order valence-corrected chi connectivity index (χ2v) is 8.21. The summed E-state index contributed by atoms with van der Waals surface area (Å²) in [6.45, 7) is 8.83. The number of nitrogens with zero attached hydrogens (tertiary/aromatic N) is 3. The van der Waals surface area contributed by atoms with Crippen molar-refractivity contribution in [3.63, 3.8) is 0 Å². The third-order valence-electron chi connectivity index (χ3n) is 3.55. The Kier molecular flexibility index (Phi) is 9.15. The fourth-order valence-electron chi connectivity index (χ4n) is 2.13. The maximum absolute atomic E-state index is 4.66. The Hall–Kier alpha value is -0.870. The van der Waals surface area contributed by atoms with Crippen LogP contribution in [0.1, 0.15) is 31.3 Å². The molecule has 0 aliphatic heterocycles. The predicted octanol–water partition coefficient (Wildman–Crippen LogP) is 3.92. The molecule has 0 saturated heterocycles. The normalized spacial score (nSPS) is 11.8. The monoisotopic (exact) mass is 493 g/mol. The van der Waals surface area contributed by atoms with Crippen molar-refractivity contribution in [3.8, 4) is 0 Å². The van der Waals surface area contributed by atoms with Crippen molar-refractivity contribution < 1.29 is 0 Å². The molecule has 2 N–H and O–H groups in total. The summed E-state index contributed by atoms with van der Waals surface area (Å²) in [7, 11) is 4.01. The molecule has 0 spiro atoms. The van der Waals surface area contributed by atoms with Gasteiger partial charge in [-0.1, -0.05) is 19.9 Å². The SMILES string of the molecule is CCNC(=NCc1csc(N(C)C)n1)NCC(C)(C)c1cccs1.I. The first-order chi connectivity index (χ1) is 11.4. The second kappa shape index (κ2) is 10.3. The van der Waals surface area contributed by atoms with E-state index in [0.717, 1.165) is 29.9 Å². The first-order valence-corrected chi connectivity index (χ1v) is 9.86. The predicted molar refractivity (Wildman–Crippen MR) is 122 cm³/mol. The summed E-state index contributed by atoms with van der Waals surface area (Å²) in [6.07, 6.45) is 0. The van der Waals surface area contributed by atoms with Crippen LogP contribution in [0.2, 0.25) is 0 Å². The van der Waals surface area contributed by atoms with Gasteiger partial charge >= 0.3 is 0 Å². The van der Waals surface area contributed by atoms with Crippen molar-refractivity contribution in [2.24, 2.45) is 4.99 Å². The fraction of sp³-hybridized carbons (Fsp3) is 0.529. The van der Waals surface area contributed by atoms with Crippen molar-refractivity contribution in [3.05, 3.63) is 33.5 Å².